The van der Waals surface area contributed by atoms with E-state index in [1.54, 1.807) is 6.07 Å². The smallest absolute Gasteiger partial charge is 0.488 e. The summed E-state index contributed by atoms with van der Waals surface area (Å²) in [5.41, 5.74) is 9.92. The van der Waals surface area contributed by atoms with Crippen LogP contribution in [0, 0.1) is 6.92 Å². The standard InChI is InChI=1S/C22H20F3NO2/c1-15-10-18(17-8-5-9-20(12-17)28-22(23,24)25)11-19(13-26)21(15)27-14-16-6-3-2-4-7-16/h2-12H,13-14,26H2,1H3. The van der Waals surface area contributed by atoms with E-state index in [-0.39, 0.29) is 12.3 Å². The van der Waals surface area contributed by atoms with Crippen LogP contribution >= 0.6 is 0 Å². The van der Waals surface area contributed by atoms with Crippen molar-refractivity contribution < 1.29 is 22.6 Å². The van der Waals surface area contributed by atoms with E-state index in [2.05, 4.69) is 4.74 Å². The normalized spacial score (nSPS) is 11.3. The van der Waals surface area contributed by atoms with Crippen LogP contribution in [0.1, 0.15) is 16.7 Å². The zero-order chi connectivity index (χ0) is 20.1. The molecule has 0 heterocycles. The molecule has 0 saturated carbocycles. The van der Waals surface area contributed by atoms with Gasteiger partial charge in [-0.25, -0.2) is 0 Å². The fraction of sp³-hybridized carbons (Fsp3) is 0.182. The first-order valence-electron chi connectivity index (χ1n) is 8.72. The van der Waals surface area contributed by atoms with Gasteiger partial charge in [0.2, 0.25) is 0 Å². The fourth-order valence-electron chi connectivity index (χ4n) is 2.97. The summed E-state index contributed by atoms with van der Waals surface area (Å²) in [6.45, 7) is 2.54. The summed E-state index contributed by atoms with van der Waals surface area (Å²) in [6, 6.07) is 19.3. The molecule has 0 saturated heterocycles. The Morgan fingerprint density at radius 3 is 2.32 bits per heavy atom. The highest BCUT2D eigenvalue weighted by Crippen LogP contribution is 2.33. The van der Waals surface area contributed by atoms with Crippen LogP contribution in [-0.2, 0) is 13.2 Å². The quantitative estimate of drug-likeness (QED) is 0.599. The van der Waals surface area contributed by atoms with Crippen molar-refractivity contribution in [3.8, 4) is 22.6 Å². The summed E-state index contributed by atoms with van der Waals surface area (Å²) in [4.78, 5) is 0. The molecule has 0 bridgehead atoms. The highest BCUT2D eigenvalue weighted by Gasteiger charge is 2.31. The number of benzene rings is 3. The van der Waals surface area contributed by atoms with Gasteiger partial charge in [-0.05, 0) is 53.4 Å². The highest BCUT2D eigenvalue weighted by molar-refractivity contribution is 5.68. The number of halogens is 3. The van der Waals surface area contributed by atoms with Crippen molar-refractivity contribution in [2.45, 2.75) is 26.4 Å². The first-order chi connectivity index (χ1) is 13.4. The van der Waals surface area contributed by atoms with Crippen LogP contribution in [0.2, 0.25) is 0 Å². The second kappa shape index (κ2) is 8.35. The number of hydrogen-bond donors (Lipinski definition) is 1. The molecule has 3 rings (SSSR count). The summed E-state index contributed by atoms with van der Waals surface area (Å²) in [7, 11) is 0. The summed E-state index contributed by atoms with van der Waals surface area (Å²) in [6.07, 6.45) is -4.73. The van der Waals surface area contributed by atoms with Crippen LogP contribution in [0.5, 0.6) is 11.5 Å². The van der Waals surface area contributed by atoms with E-state index in [1.165, 1.54) is 18.2 Å². The first-order valence-corrected chi connectivity index (χ1v) is 8.72. The van der Waals surface area contributed by atoms with Gasteiger partial charge in [0.1, 0.15) is 18.1 Å². The maximum Gasteiger partial charge on any atom is 0.573 e. The van der Waals surface area contributed by atoms with Crippen molar-refractivity contribution in [2.75, 3.05) is 0 Å². The van der Waals surface area contributed by atoms with E-state index >= 15 is 0 Å². The van der Waals surface area contributed by atoms with Crippen molar-refractivity contribution in [2.24, 2.45) is 5.73 Å². The van der Waals surface area contributed by atoms with E-state index in [0.29, 0.717) is 17.9 Å². The van der Waals surface area contributed by atoms with Gasteiger partial charge in [0, 0.05) is 12.1 Å². The molecular formula is C22H20F3NO2. The number of ether oxygens (including phenoxy) is 2. The molecule has 146 valence electrons. The zero-order valence-corrected chi connectivity index (χ0v) is 15.3. The zero-order valence-electron chi connectivity index (χ0n) is 15.3. The molecule has 28 heavy (non-hydrogen) atoms. The molecule has 0 fully saturated rings. The van der Waals surface area contributed by atoms with Crippen molar-refractivity contribution in [3.05, 3.63) is 83.4 Å². The van der Waals surface area contributed by atoms with Gasteiger partial charge < -0.3 is 15.2 Å². The minimum atomic E-state index is -4.73. The number of nitrogens with two attached hydrogens (primary N) is 1. The summed E-state index contributed by atoms with van der Waals surface area (Å²) < 4.78 is 47.4. The number of alkyl halides is 3. The highest BCUT2D eigenvalue weighted by atomic mass is 19.4. The van der Waals surface area contributed by atoms with Crippen LogP contribution in [0.15, 0.2) is 66.7 Å². The molecule has 0 aliphatic rings. The van der Waals surface area contributed by atoms with E-state index in [0.717, 1.165) is 22.3 Å². The second-order valence-corrected chi connectivity index (χ2v) is 6.34. The van der Waals surface area contributed by atoms with E-state index in [1.807, 2.05) is 49.4 Å². The predicted octanol–water partition coefficient (Wildman–Crippen LogP) is 5.60. The largest absolute Gasteiger partial charge is 0.573 e. The van der Waals surface area contributed by atoms with Gasteiger partial charge in [0.05, 0.1) is 0 Å². The van der Waals surface area contributed by atoms with Gasteiger partial charge in [-0.15, -0.1) is 13.2 Å². The third kappa shape index (κ3) is 5.04. The molecule has 2 N–H and O–H groups in total. The molecule has 0 aliphatic carbocycles. The van der Waals surface area contributed by atoms with Crippen molar-refractivity contribution in [3.63, 3.8) is 0 Å². The Kier molecular flexibility index (Phi) is 5.90. The lowest BCUT2D eigenvalue weighted by molar-refractivity contribution is -0.274. The topological polar surface area (TPSA) is 44.5 Å². The lowest BCUT2D eigenvalue weighted by Gasteiger charge is -2.16. The minimum Gasteiger partial charge on any atom is -0.488 e. The van der Waals surface area contributed by atoms with E-state index in [4.69, 9.17) is 10.5 Å². The number of hydrogen-bond acceptors (Lipinski definition) is 3. The summed E-state index contributed by atoms with van der Waals surface area (Å²) in [5.74, 6) is 0.430. The average molecular weight is 387 g/mol. The molecule has 6 heteroatoms. The first kappa shape index (κ1) is 19.8. The Balaban J connectivity index is 1.88. The minimum absolute atomic E-state index is 0.248. The maximum atomic E-state index is 12.5. The Hall–Kier alpha value is -2.99. The van der Waals surface area contributed by atoms with Crippen molar-refractivity contribution in [1.29, 1.82) is 0 Å². The molecule has 0 atom stereocenters. The number of aryl methyl sites for hydroxylation is 1. The summed E-state index contributed by atoms with van der Waals surface area (Å²) in [5, 5.41) is 0. The molecule has 0 unspecified atom stereocenters. The Bertz CT molecular complexity index is 940. The molecule has 0 amide bonds. The molecule has 0 aromatic heterocycles. The lowest BCUT2D eigenvalue weighted by atomic mass is 9.99. The Morgan fingerprint density at radius 1 is 0.893 bits per heavy atom. The van der Waals surface area contributed by atoms with E-state index in [9.17, 15) is 13.2 Å². The molecule has 3 nitrogen and oxygen atoms in total. The van der Waals surface area contributed by atoms with Gasteiger partial charge in [-0.1, -0.05) is 42.5 Å². The van der Waals surface area contributed by atoms with Gasteiger partial charge in [0.25, 0.3) is 0 Å². The number of rotatable bonds is 6. The molecular weight excluding hydrogens is 367 g/mol. The Labute approximate surface area is 161 Å². The van der Waals surface area contributed by atoms with Crippen LogP contribution in [0.3, 0.4) is 0 Å². The SMILES string of the molecule is Cc1cc(-c2cccc(OC(F)(F)F)c2)cc(CN)c1OCc1ccccc1. The van der Waals surface area contributed by atoms with Gasteiger partial charge >= 0.3 is 6.36 Å². The third-order valence-corrected chi connectivity index (χ3v) is 4.20. The van der Waals surface area contributed by atoms with Crippen LogP contribution in [-0.4, -0.2) is 6.36 Å². The molecule has 3 aromatic carbocycles. The van der Waals surface area contributed by atoms with Gasteiger partial charge in [0.15, 0.2) is 0 Å². The molecule has 0 aliphatic heterocycles. The van der Waals surface area contributed by atoms with Crippen LogP contribution in [0.25, 0.3) is 11.1 Å². The second-order valence-electron chi connectivity index (χ2n) is 6.34. The van der Waals surface area contributed by atoms with Gasteiger partial charge in [-0.3, -0.25) is 0 Å². The lowest BCUT2D eigenvalue weighted by Crippen LogP contribution is -2.17. The van der Waals surface area contributed by atoms with Crippen molar-refractivity contribution in [1.82, 2.24) is 0 Å². The third-order valence-electron chi connectivity index (χ3n) is 4.20. The monoisotopic (exact) mass is 387 g/mol. The summed E-state index contributed by atoms with van der Waals surface area (Å²) >= 11 is 0. The van der Waals surface area contributed by atoms with Gasteiger partial charge in [-0.2, -0.15) is 0 Å². The van der Waals surface area contributed by atoms with Crippen LogP contribution < -0.4 is 15.2 Å². The van der Waals surface area contributed by atoms with Crippen molar-refractivity contribution >= 4 is 0 Å². The molecule has 0 radical (unpaired) electrons. The predicted molar refractivity (Wildman–Crippen MR) is 102 cm³/mol. The Morgan fingerprint density at radius 2 is 1.64 bits per heavy atom. The fourth-order valence-corrected chi connectivity index (χ4v) is 2.97. The average Bonchev–Trinajstić information content (AvgIpc) is 2.66. The molecule has 3 aromatic rings. The maximum absolute atomic E-state index is 12.5. The van der Waals surface area contributed by atoms with E-state index < -0.39 is 6.36 Å². The molecule has 0 spiro atoms. The van der Waals surface area contributed by atoms with Crippen LogP contribution in [0.4, 0.5) is 13.2 Å².